The predicted molar refractivity (Wildman–Crippen MR) is 67.5 cm³/mol. The van der Waals surface area contributed by atoms with Crippen LogP contribution in [0.3, 0.4) is 0 Å². The van der Waals surface area contributed by atoms with Crippen molar-refractivity contribution in [2.45, 2.75) is 26.3 Å². The second-order valence-corrected chi connectivity index (χ2v) is 3.92. The maximum Gasteiger partial charge on any atom is 0.257 e. The zero-order valence-electron chi connectivity index (χ0n) is 11.0. The van der Waals surface area contributed by atoms with Crippen LogP contribution in [0.5, 0.6) is 5.75 Å². The van der Waals surface area contributed by atoms with Crippen LogP contribution in [-0.2, 0) is 16.1 Å². The monoisotopic (exact) mass is 255 g/mol. The van der Waals surface area contributed by atoms with Gasteiger partial charge in [0.25, 0.3) is 5.91 Å². The third-order valence-corrected chi connectivity index (χ3v) is 2.28. The van der Waals surface area contributed by atoms with Crippen LogP contribution in [0.25, 0.3) is 0 Å². The number of nitrogens with zero attached hydrogens (tertiary/aromatic N) is 2. The Morgan fingerprint density at radius 3 is 3.11 bits per heavy atom. The number of amides is 1. The summed E-state index contributed by atoms with van der Waals surface area (Å²) in [4.78, 5) is 11.4. The van der Waals surface area contributed by atoms with Gasteiger partial charge in [0, 0.05) is 26.8 Å². The minimum atomic E-state index is -0.130. The molecule has 1 amide bonds. The smallest absolute Gasteiger partial charge is 0.257 e. The molecule has 0 aromatic carbocycles. The summed E-state index contributed by atoms with van der Waals surface area (Å²) in [5.41, 5.74) is 0. The summed E-state index contributed by atoms with van der Waals surface area (Å²) in [6.45, 7) is 4.20. The van der Waals surface area contributed by atoms with Gasteiger partial charge in [0.1, 0.15) is 0 Å². The third-order valence-electron chi connectivity index (χ3n) is 2.28. The standard InChI is InChI=1S/C12H21N3O3/c1-3-6-15-9-11(8-14-15)18-10-12(16)13-5-4-7-17-2/h8-9H,3-7,10H2,1-2H3,(H,13,16). The van der Waals surface area contributed by atoms with E-state index < -0.39 is 0 Å². The maximum absolute atomic E-state index is 11.4. The van der Waals surface area contributed by atoms with Gasteiger partial charge in [-0.1, -0.05) is 6.92 Å². The fourth-order valence-electron chi connectivity index (χ4n) is 1.41. The minimum absolute atomic E-state index is 0.0187. The molecule has 102 valence electrons. The van der Waals surface area contributed by atoms with E-state index in [1.807, 2.05) is 0 Å². The fourth-order valence-corrected chi connectivity index (χ4v) is 1.41. The van der Waals surface area contributed by atoms with E-state index in [2.05, 4.69) is 17.3 Å². The van der Waals surface area contributed by atoms with Gasteiger partial charge in [-0.3, -0.25) is 9.48 Å². The van der Waals surface area contributed by atoms with Crippen molar-refractivity contribution in [3.63, 3.8) is 0 Å². The minimum Gasteiger partial charge on any atom is -0.480 e. The van der Waals surface area contributed by atoms with Crippen molar-refractivity contribution < 1.29 is 14.3 Å². The largest absolute Gasteiger partial charge is 0.480 e. The average Bonchev–Trinajstić information content (AvgIpc) is 2.80. The lowest BCUT2D eigenvalue weighted by Gasteiger charge is -2.05. The molecule has 1 aromatic rings. The fraction of sp³-hybridized carbons (Fsp3) is 0.667. The van der Waals surface area contributed by atoms with E-state index >= 15 is 0 Å². The molecule has 1 rings (SSSR count). The number of ether oxygens (including phenoxy) is 2. The molecule has 0 spiro atoms. The number of carbonyl (C=O) groups is 1. The van der Waals surface area contributed by atoms with Crippen LogP contribution in [-0.4, -0.2) is 42.6 Å². The van der Waals surface area contributed by atoms with Gasteiger partial charge in [-0.05, 0) is 12.8 Å². The van der Waals surface area contributed by atoms with Gasteiger partial charge in [-0.25, -0.2) is 0 Å². The molecule has 0 radical (unpaired) electrons. The average molecular weight is 255 g/mol. The molecular weight excluding hydrogens is 234 g/mol. The molecule has 0 aliphatic heterocycles. The molecule has 0 aliphatic carbocycles. The molecule has 1 aromatic heterocycles. The summed E-state index contributed by atoms with van der Waals surface area (Å²) in [5, 5.41) is 6.86. The number of hydrogen-bond donors (Lipinski definition) is 1. The summed E-state index contributed by atoms with van der Waals surface area (Å²) in [6, 6.07) is 0. The molecule has 0 saturated heterocycles. The van der Waals surface area contributed by atoms with Gasteiger partial charge < -0.3 is 14.8 Å². The second-order valence-electron chi connectivity index (χ2n) is 3.92. The molecule has 18 heavy (non-hydrogen) atoms. The Kier molecular flexibility index (Phi) is 6.86. The van der Waals surface area contributed by atoms with Crippen LogP contribution >= 0.6 is 0 Å². The molecular formula is C12H21N3O3. The van der Waals surface area contributed by atoms with Crippen LogP contribution < -0.4 is 10.1 Å². The second kappa shape index (κ2) is 8.52. The normalized spacial score (nSPS) is 10.3. The summed E-state index contributed by atoms with van der Waals surface area (Å²) in [6.07, 6.45) is 5.23. The number of aromatic nitrogens is 2. The first-order chi connectivity index (χ1) is 8.76. The van der Waals surface area contributed by atoms with Crippen molar-refractivity contribution in [1.82, 2.24) is 15.1 Å². The maximum atomic E-state index is 11.4. The van der Waals surface area contributed by atoms with Gasteiger partial charge in [0.2, 0.25) is 0 Å². The van der Waals surface area contributed by atoms with E-state index in [9.17, 15) is 4.79 Å². The number of hydrogen-bond acceptors (Lipinski definition) is 4. The van der Waals surface area contributed by atoms with Crippen LogP contribution in [0.1, 0.15) is 19.8 Å². The van der Waals surface area contributed by atoms with Gasteiger partial charge in [-0.2, -0.15) is 5.10 Å². The van der Waals surface area contributed by atoms with E-state index in [-0.39, 0.29) is 12.5 Å². The highest BCUT2D eigenvalue weighted by molar-refractivity contribution is 5.77. The van der Waals surface area contributed by atoms with E-state index in [4.69, 9.17) is 9.47 Å². The van der Waals surface area contributed by atoms with Gasteiger partial charge >= 0.3 is 0 Å². The van der Waals surface area contributed by atoms with Crippen LogP contribution in [0.4, 0.5) is 0 Å². The molecule has 6 heteroatoms. The van der Waals surface area contributed by atoms with Crippen molar-refractivity contribution >= 4 is 5.91 Å². The quantitative estimate of drug-likeness (QED) is 0.664. The molecule has 1 N–H and O–H groups in total. The van der Waals surface area contributed by atoms with Crippen molar-refractivity contribution in [1.29, 1.82) is 0 Å². The molecule has 6 nitrogen and oxygen atoms in total. The third kappa shape index (κ3) is 5.67. The molecule has 0 fully saturated rings. The Bertz CT molecular complexity index is 352. The summed E-state index contributed by atoms with van der Waals surface area (Å²) in [5.74, 6) is 0.491. The first-order valence-electron chi connectivity index (χ1n) is 6.17. The topological polar surface area (TPSA) is 65.4 Å². The number of carbonyl (C=O) groups excluding carboxylic acids is 1. The molecule has 0 aliphatic rings. The van der Waals surface area contributed by atoms with Crippen molar-refractivity contribution in [3.05, 3.63) is 12.4 Å². The highest BCUT2D eigenvalue weighted by Crippen LogP contribution is 2.07. The van der Waals surface area contributed by atoms with Crippen LogP contribution in [0.15, 0.2) is 12.4 Å². The van der Waals surface area contributed by atoms with Crippen molar-refractivity contribution in [2.24, 2.45) is 0 Å². The van der Waals surface area contributed by atoms with Crippen molar-refractivity contribution in [3.8, 4) is 5.75 Å². The first kappa shape index (κ1) is 14.5. The molecule has 0 saturated carbocycles. The van der Waals surface area contributed by atoms with Gasteiger partial charge in [0.15, 0.2) is 12.4 Å². The van der Waals surface area contributed by atoms with E-state index in [1.54, 1.807) is 24.2 Å². The lowest BCUT2D eigenvalue weighted by atomic mass is 10.4. The Morgan fingerprint density at radius 2 is 2.39 bits per heavy atom. The summed E-state index contributed by atoms with van der Waals surface area (Å²) in [7, 11) is 1.64. The lowest BCUT2D eigenvalue weighted by molar-refractivity contribution is -0.123. The number of nitrogens with one attached hydrogen (secondary N) is 1. The zero-order valence-corrected chi connectivity index (χ0v) is 11.0. The number of rotatable bonds is 9. The molecule has 0 unspecified atom stereocenters. The van der Waals surface area contributed by atoms with E-state index in [0.717, 1.165) is 19.4 Å². The van der Waals surface area contributed by atoms with Crippen LogP contribution in [0, 0.1) is 0 Å². The highest BCUT2D eigenvalue weighted by Gasteiger charge is 2.03. The number of aryl methyl sites for hydroxylation is 1. The van der Waals surface area contributed by atoms with Gasteiger partial charge in [0.05, 0.1) is 12.4 Å². The number of methoxy groups -OCH3 is 1. The SMILES string of the molecule is CCCn1cc(OCC(=O)NCCCOC)cn1. The summed E-state index contributed by atoms with van der Waals surface area (Å²) < 4.78 is 12.0. The Balaban J connectivity index is 2.16. The van der Waals surface area contributed by atoms with Crippen LogP contribution in [0.2, 0.25) is 0 Å². The first-order valence-corrected chi connectivity index (χ1v) is 6.17. The Morgan fingerprint density at radius 1 is 1.56 bits per heavy atom. The highest BCUT2D eigenvalue weighted by atomic mass is 16.5. The zero-order chi connectivity index (χ0) is 13.2. The molecule has 1 heterocycles. The molecule has 0 bridgehead atoms. The Labute approximate surface area is 107 Å². The predicted octanol–water partition coefficient (Wildman–Crippen LogP) is 0.825. The van der Waals surface area contributed by atoms with E-state index in [0.29, 0.717) is 18.9 Å². The van der Waals surface area contributed by atoms with Gasteiger partial charge in [-0.15, -0.1) is 0 Å². The van der Waals surface area contributed by atoms with E-state index in [1.165, 1.54) is 0 Å². The lowest BCUT2D eigenvalue weighted by Crippen LogP contribution is -2.30. The Hall–Kier alpha value is -1.56. The molecule has 0 atom stereocenters. The van der Waals surface area contributed by atoms with Crippen molar-refractivity contribution in [2.75, 3.05) is 26.9 Å². The summed E-state index contributed by atoms with van der Waals surface area (Å²) >= 11 is 0.